The third kappa shape index (κ3) is 1.57. The SMILES string of the molecule is N#Cc1c[nH]nc1C1CCCCC1. The van der Waals surface area contributed by atoms with E-state index in [4.69, 9.17) is 5.26 Å². The molecule has 3 heteroatoms. The third-order valence-corrected chi connectivity index (χ3v) is 2.78. The van der Waals surface area contributed by atoms with E-state index in [9.17, 15) is 0 Å². The Morgan fingerprint density at radius 3 is 2.85 bits per heavy atom. The number of hydrogen-bond acceptors (Lipinski definition) is 2. The first-order valence-corrected chi connectivity index (χ1v) is 4.85. The topological polar surface area (TPSA) is 52.5 Å². The molecule has 0 radical (unpaired) electrons. The van der Waals surface area contributed by atoms with Crippen LogP contribution in [0, 0.1) is 11.3 Å². The van der Waals surface area contributed by atoms with Gasteiger partial charge in [0, 0.05) is 12.1 Å². The highest BCUT2D eigenvalue weighted by atomic mass is 15.1. The molecule has 2 rings (SSSR count). The molecule has 0 unspecified atom stereocenters. The van der Waals surface area contributed by atoms with E-state index in [2.05, 4.69) is 16.3 Å². The van der Waals surface area contributed by atoms with Crippen molar-refractivity contribution in [3.63, 3.8) is 0 Å². The minimum absolute atomic E-state index is 0.523. The van der Waals surface area contributed by atoms with Gasteiger partial charge in [-0.3, -0.25) is 5.10 Å². The Kier molecular flexibility index (Phi) is 2.31. The first kappa shape index (κ1) is 8.31. The second-order valence-corrected chi connectivity index (χ2v) is 3.63. The van der Waals surface area contributed by atoms with Crippen LogP contribution in [0.3, 0.4) is 0 Å². The number of nitrogens with zero attached hydrogens (tertiary/aromatic N) is 2. The summed E-state index contributed by atoms with van der Waals surface area (Å²) in [5.74, 6) is 0.523. The third-order valence-electron chi connectivity index (χ3n) is 2.78. The molecule has 0 aromatic carbocycles. The Morgan fingerprint density at radius 2 is 2.15 bits per heavy atom. The lowest BCUT2D eigenvalue weighted by molar-refractivity contribution is 0.436. The molecule has 1 saturated carbocycles. The standard InChI is InChI=1S/C10H13N3/c11-6-9-7-12-13-10(9)8-4-2-1-3-5-8/h7-8H,1-5H2,(H,12,13). The molecule has 0 bridgehead atoms. The van der Waals surface area contributed by atoms with Crippen molar-refractivity contribution in [2.24, 2.45) is 0 Å². The van der Waals surface area contributed by atoms with Crippen LogP contribution in [-0.2, 0) is 0 Å². The molecule has 0 spiro atoms. The maximum atomic E-state index is 8.83. The van der Waals surface area contributed by atoms with Crippen LogP contribution in [0.4, 0.5) is 0 Å². The average molecular weight is 175 g/mol. The van der Waals surface area contributed by atoms with Gasteiger partial charge in [0.05, 0.1) is 11.3 Å². The zero-order chi connectivity index (χ0) is 9.10. The lowest BCUT2D eigenvalue weighted by Crippen LogP contribution is -2.06. The zero-order valence-corrected chi connectivity index (χ0v) is 7.58. The van der Waals surface area contributed by atoms with Gasteiger partial charge in [-0.2, -0.15) is 10.4 Å². The van der Waals surface area contributed by atoms with Gasteiger partial charge in [0.25, 0.3) is 0 Å². The Balaban J connectivity index is 2.19. The number of aromatic amines is 1. The number of nitrogens with one attached hydrogen (secondary N) is 1. The van der Waals surface area contributed by atoms with Gasteiger partial charge in [-0.15, -0.1) is 0 Å². The Morgan fingerprint density at radius 1 is 1.38 bits per heavy atom. The second kappa shape index (κ2) is 3.61. The van der Waals surface area contributed by atoms with Crippen LogP contribution in [0.15, 0.2) is 6.20 Å². The summed E-state index contributed by atoms with van der Waals surface area (Å²) in [5.41, 5.74) is 1.72. The summed E-state index contributed by atoms with van der Waals surface area (Å²) in [4.78, 5) is 0. The summed E-state index contributed by atoms with van der Waals surface area (Å²) in [5, 5.41) is 15.8. The van der Waals surface area contributed by atoms with Gasteiger partial charge in [-0.25, -0.2) is 0 Å². The Labute approximate surface area is 77.8 Å². The summed E-state index contributed by atoms with van der Waals surface area (Å²) < 4.78 is 0. The van der Waals surface area contributed by atoms with E-state index in [-0.39, 0.29) is 0 Å². The maximum Gasteiger partial charge on any atom is 0.103 e. The first-order valence-electron chi connectivity index (χ1n) is 4.85. The smallest absolute Gasteiger partial charge is 0.103 e. The Bertz CT molecular complexity index is 315. The van der Waals surface area contributed by atoms with Gasteiger partial charge in [-0.05, 0) is 12.8 Å². The molecular formula is C10H13N3. The molecule has 0 aliphatic heterocycles. The monoisotopic (exact) mass is 175 g/mol. The highest BCUT2D eigenvalue weighted by molar-refractivity contribution is 5.32. The highest BCUT2D eigenvalue weighted by Crippen LogP contribution is 2.32. The van der Waals surface area contributed by atoms with Crippen LogP contribution in [0.5, 0.6) is 0 Å². The highest BCUT2D eigenvalue weighted by Gasteiger charge is 2.20. The van der Waals surface area contributed by atoms with Crippen molar-refractivity contribution < 1.29 is 0 Å². The lowest BCUT2D eigenvalue weighted by Gasteiger charge is -2.19. The number of rotatable bonds is 1. The largest absolute Gasteiger partial charge is 0.284 e. The summed E-state index contributed by atoms with van der Waals surface area (Å²) in [7, 11) is 0. The predicted octanol–water partition coefficient (Wildman–Crippen LogP) is 2.33. The van der Waals surface area contributed by atoms with Crippen LogP contribution in [0.25, 0.3) is 0 Å². The van der Waals surface area contributed by atoms with Gasteiger partial charge < -0.3 is 0 Å². The number of hydrogen-bond donors (Lipinski definition) is 1. The van der Waals surface area contributed by atoms with Crippen LogP contribution >= 0.6 is 0 Å². The van der Waals surface area contributed by atoms with Gasteiger partial charge in [0.15, 0.2) is 0 Å². The molecule has 68 valence electrons. The fourth-order valence-corrected chi connectivity index (χ4v) is 2.08. The predicted molar refractivity (Wildman–Crippen MR) is 49.1 cm³/mol. The molecule has 0 saturated heterocycles. The fourth-order valence-electron chi connectivity index (χ4n) is 2.08. The molecule has 1 aliphatic rings. The maximum absolute atomic E-state index is 8.83. The zero-order valence-electron chi connectivity index (χ0n) is 7.58. The van der Waals surface area contributed by atoms with Crippen molar-refractivity contribution in [2.75, 3.05) is 0 Å². The summed E-state index contributed by atoms with van der Waals surface area (Å²) >= 11 is 0. The molecule has 1 heterocycles. The van der Waals surface area contributed by atoms with Gasteiger partial charge >= 0.3 is 0 Å². The van der Waals surface area contributed by atoms with E-state index in [0.29, 0.717) is 5.92 Å². The van der Waals surface area contributed by atoms with E-state index in [1.165, 1.54) is 32.1 Å². The molecule has 3 nitrogen and oxygen atoms in total. The van der Waals surface area contributed by atoms with E-state index in [1.54, 1.807) is 6.20 Å². The molecule has 1 N–H and O–H groups in total. The number of H-pyrrole nitrogens is 1. The normalized spacial score (nSPS) is 18.4. The number of aromatic nitrogens is 2. The molecule has 0 atom stereocenters. The molecule has 1 aliphatic carbocycles. The molecular weight excluding hydrogens is 162 g/mol. The van der Waals surface area contributed by atoms with Crippen LogP contribution in [0.1, 0.15) is 49.3 Å². The van der Waals surface area contributed by atoms with Gasteiger partial charge in [-0.1, -0.05) is 19.3 Å². The summed E-state index contributed by atoms with van der Waals surface area (Å²) in [6.45, 7) is 0. The van der Waals surface area contributed by atoms with E-state index in [1.807, 2.05) is 0 Å². The van der Waals surface area contributed by atoms with Crippen LogP contribution in [0.2, 0.25) is 0 Å². The first-order chi connectivity index (χ1) is 6.42. The van der Waals surface area contributed by atoms with Crippen LogP contribution in [-0.4, -0.2) is 10.2 Å². The quantitative estimate of drug-likeness (QED) is 0.712. The van der Waals surface area contributed by atoms with Crippen molar-refractivity contribution in [3.8, 4) is 6.07 Å². The Hall–Kier alpha value is -1.30. The summed E-state index contributed by atoms with van der Waals surface area (Å²) in [6.07, 6.45) is 7.98. The fraction of sp³-hybridized carbons (Fsp3) is 0.600. The molecule has 1 aromatic heterocycles. The number of nitriles is 1. The molecule has 13 heavy (non-hydrogen) atoms. The summed E-state index contributed by atoms with van der Waals surface area (Å²) in [6, 6.07) is 2.18. The van der Waals surface area contributed by atoms with Crippen molar-refractivity contribution in [1.29, 1.82) is 5.26 Å². The minimum Gasteiger partial charge on any atom is -0.284 e. The van der Waals surface area contributed by atoms with Gasteiger partial charge in [0.2, 0.25) is 0 Å². The molecule has 0 amide bonds. The van der Waals surface area contributed by atoms with Crippen molar-refractivity contribution in [1.82, 2.24) is 10.2 Å². The van der Waals surface area contributed by atoms with Crippen molar-refractivity contribution in [3.05, 3.63) is 17.5 Å². The average Bonchev–Trinajstić information content (AvgIpc) is 2.67. The van der Waals surface area contributed by atoms with Gasteiger partial charge in [0.1, 0.15) is 6.07 Å². The van der Waals surface area contributed by atoms with E-state index in [0.717, 1.165) is 11.3 Å². The molecule has 1 aromatic rings. The second-order valence-electron chi connectivity index (χ2n) is 3.63. The minimum atomic E-state index is 0.523. The van der Waals surface area contributed by atoms with Crippen molar-refractivity contribution >= 4 is 0 Å². The lowest BCUT2D eigenvalue weighted by atomic mass is 9.86. The van der Waals surface area contributed by atoms with Crippen molar-refractivity contribution in [2.45, 2.75) is 38.0 Å². The van der Waals surface area contributed by atoms with E-state index >= 15 is 0 Å². The van der Waals surface area contributed by atoms with Crippen LogP contribution < -0.4 is 0 Å². The van der Waals surface area contributed by atoms with E-state index < -0.39 is 0 Å². The molecule has 1 fully saturated rings.